The molecule has 4 aliphatic rings. The van der Waals surface area contributed by atoms with Crippen LogP contribution in [0.4, 0.5) is 11.4 Å². The third-order valence-corrected chi connectivity index (χ3v) is 6.72. The molecule has 0 amide bonds. The number of nitrogens with two attached hydrogens (primary N) is 2. The molecule has 4 saturated heterocycles. The van der Waals surface area contributed by atoms with Crippen LogP contribution in [-0.2, 0) is 44.6 Å². The molecule has 7 heteroatoms. The second-order valence-corrected chi connectivity index (χ2v) is 9.41. The summed E-state index contributed by atoms with van der Waals surface area (Å²) in [5.74, 6) is 1.65. The second-order valence-electron chi connectivity index (χ2n) is 9.41. The lowest BCUT2D eigenvalue weighted by Crippen LogP contribution is -2.15. The van der Waals surface area contributed by atoms with E-state index in [0.29, 0.717) is 0 Å². The molecular formula is C25H30N2O5. The van der Waals surface area contributed by atoms with Crippen LogP contribution in [0.2, 0.25) is 0 Å². The molecular weight excluding hydrogens is 408 g/mol. The smallest absolute Gasteiger partial charge is 0.135 e. The lowest BCUT2D eigenvalue weighted by molar-refractivity contribution is 0.392. The summed E-state index contributed by atoms with van der Waals surface area (Å²) in [5.41, 5.74) is 20.0. The Labute approximate surface area is 187 Å². The molecule has 0 radical (unpaired) electrons. The van der Waals surface area contributed by atoms with E-state index in [2.05, 4.69) is 6.92 Å². The molecule has 170 valence electrons. The fraction of sp³-hybridized carbons (Fsp3) is 0.520. The van der Waals surface area contributed by atoms with Gasteiger partial charge in [0.2, 0.25) is 0 Å². The third-order valence-electron chi connectivity index (χ3n) is 6.72. The molecule has 4 aliphatic heterocycles. The van der Waals surface area contributed by atoms with Gasteiger partial charge in [-0.2, -0.15) is 0 Å². The molecule has 4 heterocycles. The molecule has 0 spiro atoms. The minimum Gasteiger partial charge on any atom is -0.456 e. The lowest BCUT2D eigenvalue weighted by Gasteiger charge is -2.24. The monoisotopic (exact) mass is 438 g/mol. The topological polar surface area (TPSA) is 111 Å². The highest BCUT2D eigenvalue weighted by atomic mass is 16.6. The van der Waals surface area contributed by atoms with Gasteiger partial charge in [-0.05, 0) is 41.8 Å². The van der Waals surface area contributed by atoms with Gasteiger partial charge in [0.15, 0.2) is 0 Å². The van der Waals surface area contributed by atoms with Crippen molar-refractivity contribution in [3.63, 3.8) is 0 Å². The maximum Gasteiger partial charge on any atom is 0.135 e. The van der Waals surface area contributed by atoms with Crippen molar-refractivity contribution < 1.29 is 23.7 Å². The summed E-state index contributed by atoms with van der Waals surface area (Å²) < 4.78 is 28.9. The minimum absolute atomic E-state index is 0.232. The molecule has 4 atom stereocenters. The van der Waals surface area contributed by atoms with E-state index in [1.165, 1.54) is 16.7 Å². The number of anilines is 2. The number of hydrogen-bond donors (Lipinski definition) is 2. The number of epoxide rings is 4. The van der Waals surface area contributed by atoms with E-state index in [-0.39, 0.29) is 24.4 Å². The number of benzene rings is 2. The summed E-state index contributed by atoms with van der Waals surface area (Å²) in [4.78, 5) is 0. The van der Waals surface area contributed by atoms with Crippen molar-refractivity contribution in [2.75, 3.05) is 37.9 Å². The highest BCUT2D eigenvalue weighted by molar-refractivity contribution is 5.68. The van der Waals surface area contributed by atoms with Crippen molar-refractivity contribution in [1.82, 2.24) is 0 Å². The van der Waals surface area contributed by atoms with Crippen LogP contribution >= 0.6 is 0 Å². The van der Waals surface area contributed by atoms with Crippen LogP contribution in [0.25, 0.3) is 0 Å². The molecule has 2 aromatic carbocycles. The van der Waals surface area contributed by atoms with E-state index < -0.39 is 0 Å². The standard InChI is InChI=1S/C25H30N2O5/c1-13-24(27)21(7-18-11-30-18)20(6-17-10-29-17)22(8-19-12-31-19)25(13)32-23-3-2-15(26)4-14(23)5-16-9-28-16/h2-4,16-19H,5-12,26-27H2,1H3. The molecule has 4 unspecified atom stereocenters. The van der Waals surface area contributed by atoms with E-state index in [4.69, 9.17) is 35.2 Å². The summed E-state index contributed by atoms with van der Waals surface area (Å²) in [6.07, 6.45) is 4.26. The first-order valence-corrected chi connectivity index (χ1v) is 11.5. The Morgan fingerprint density at radius 3 is 1.91 bits per heavy atom. The first kappa shape index (κ1) is 20.3. The van der Waals surface area contributed by atoms with E-state index >= 15 is 0 Å². The maximum absolute atomic E-state index is 6.73. The van der Waals surface area contributed by atoms with Crippen LogP contribution < -0.4 is 16.2 Å². The average Bonchev–Trinajstić information content (AvgIpc) is 3.61. The summed E-state index contributed by atoms with van der Waals surface area (Å²) in [6.45, 7) is 5.22. The Balaban J connectivity index is 1.43. The zero-order valence-electron chi connectivity index (χ0n) is 18.4. The van der Waals surface area contributed by atoms with Crippen LogP contribution in [0, 0.1) is 6.92 Å². The van der Waals surface area contributed by atoms with Gasteiger partial charge < -0.3 is 35.2 Å². The molecule has 7 nitrogen and oxygen atoms in total. The highest BCUT2D eigenvalue weighted by Crippen LogP contribution is 2.43. The van der Waals surface area contributed by atoms with E-state index in [0.717, 1.165) is 86.1 Å². The number of hydrogen-bond acceptors (Lipinski definition) is 7. The van der Waals surface area contributed by atoms with Gasteiger partial charge in [0.1, 0.15) is 11.5 Å². The van der Waals surface area contributed by atoms with Gasteiger partial charge in [-0.15, -0.1) is 0 Å². The number of nitrogen functional groups attached to an aromatic ring is 2. The molecule has 0 saturated carbocycles. The Kier molecular flexibility index (Phi) is 5.02. The largest absolute Gasteiger partial charge is 0.456 e. The van der Waals surface area contributed by atoms with Crippen molar-refractivity contribution in [2.45, 2.75) is 57.0 Å². The van der Waals surface area contributed by atoms with Crippen LogP contribution in [-0.4, -0.2) is 50.8 Å². The van der Waals surface area contributed by atoms with E-state index in [1.54, 1.807) is 0 Å². The van der Waals surface area contributed by atoms with Crippen LogP contribution in [0.3, 0.4) is 0 Å². The quantitative estimate of drug-likeness (QED) is 0.433. The molecule has 32 heavy (non-hydrogen) atoms. The summed E-state index contributed by atoms with van der Waals surface area (Å²) in [7, 11) is 0. The zero-order chi connectivity index (χ0) is 21.8. The van der Waals surface area contributed by atoms with Crippen LogP contribution in [0.5, 0.6) is 11.5 Å². The third kappa shape index (κ3) is 4.43. The van der Waals surface area contributed by atoms with E-state index in [1.807, 2.05) is 18.2 Å². The summed E-state index contributed by atoms with van der Waals surface area (Å²) >= 11 is 0. The zero-order valence-corrected chi connectivity index (χ0v) is 18.4. The molecule has 0 bridgehead atoms. The van der Waals surface area contributed by atoms with Gasteiger partial charge in [0.25, 0.3) is 0 Å². The van der Waals surface area contributed by atoms with E-state index in [9.17, 15) is 0 Å². The minimum atomic E-state index is 0.232. The molecule has 4 fully saturated rings. The normalized spacial score (nSPS) is 27.3. The van der Waals surface area contributed by atoms with Gasteiger partial charge >= 0.3 is 0 Å². The Morgan fingerprint density at radius 1 is 0.781 bits per heavy atom. The first-order chi connectivity index (χ1) is 15.5. The van der Waals surface area contributed by atoms with Crippen LogP contribution in [0.15, 0.2) is 18.2 Å². The average molecular weight is 439 g/mol. The molecule has 6 rings (SSSR count). The van der Waals surface area contributed by atoms with Crippen molar-refractivity contribution in [2.24, 2.45) is 0 Å². The van der Waals surface area contributed by atoms with Crippen molar-refractivity contribution in [1.29, 1.82) is 0 Å². The maximum atomic E-state index is 6.73. The predicted octanol–water partition coefficient (Wildman–Crippen LogP) is 2.72. The SMILES string of the molecule is Cc1c(N)c(CC2CO2)c(CC2CO2)c(CC2CO2)c1Oc1ccc(N)cc1CC1CO1. The number of ether oxygens (including phenoxy) is 5. The lowest BCUT2D eigenvalue weighted by atomic mass is 9.87. The van der Waals surface area contributed by atoms with Gasteiger partial charge in [0.05, 0.1) is 50.8 Å². The Morgan fingerprint density at radius 2 is 1.31 bits per heavy atom. The Hall–Kier alpha value is -2.32. The van der Waals surface area contributed by atoms with Gasteiger partial charge in [-0.1, -0.05) is 0 Å². The molecule has 0 aliphatic carbocycles. The molecule has 0 aromatic heterocycles. The van der Waals surface area contributed by atoms with Gasteiger partial charge in [0, 0.05) is 48.2 Å². The van der Waals surface area contributed by atoms with Gasteiger partial charge in [-0.25, -0.2) is 0 Å². The molecule has 2 aromatic rings. The second kappa shape index (κ2) is 7.92. The first-order valence-electron chi connectivity index (χ1n) is 11.5. The summed E-state index contributed by atoms with van der Waals surface area (Å²) in [5, 5.41) is 0. The van der Waals surface area contributed by atoms with Crippen molar-refractivity contribution in [3.8, 4) is 11.5 Å². The van der Waals surface area contributed by atoms with Gasteiger partial charge in [-0.3, -0.25) is 0 Å². The van der Waals surface area contributed by atoms with Crippen molar-refractivity contribution in [3.05, 3.63) is 46.0 Å². The fourth-order valence-electron chi connectivity index (χ4n) is 4.53. The van der Waals surface area contributed by atoms with Crippen molar-refractivity contribution >= 4 is 11.4 Å². The highest BCUT2D eigenvalue weighted by Gasteiger charge is 2.35. The predicted molar refractivity (Wildman–Crippen MR) is 120 cm³/mol. The molecule has 4 N–H and O–H groups in total. The number of rotatable bonds is 10. The summed E-state index contributed by atoms with van der Waals surface area (Å²) in [6, 6.07) is 5.82. The Bertz CT molecular complexity index is 1040. The fourth-order valence-corrected chi connectivity index (χ4v) is 4.53. The van der Waals surface area contributed by atoms with Crippen LogP contribution in [0.1, 0.15) is 27.8 Å².